The first kappa shape index (κ1) is 19.4. The van der Waals surface area contributed by atoms with E-state index in [1.54, 1.807) is 0 Å². The van der Waals surface area contributed by atoms with E-state index in [1.807, 2.05) is 12.1 Å². The average molecular weight is 358 g/mol. The molecule has 0 radical (unpaired) electrons. The zero-order chi connectivity index (χ0) is 18.5. The topological polar surface area (TPSA) is 58.4 Å². The lowest BCUT2D eigenvalue weighted by atomic mass is 9.67. The van der Waals surface area contributed by atoms with Crippen LogP contribution in [0, 0.1) is 11.8 Å². The van der Waals surface area contributed by atoms with Gasteiger partial charge in [0.25, 0.3) is 5.91 Å². The number of nitrogens with two attached hydrogens (primary N) is 1. The molecular weight excluding hydrogens is 322 g/mol. The van der Waals surface area contributed by atoms with Gasteiger partial charge in [0.15, 0.2) is 0 Å². The number of carbonyl (C=O) groups excluding carboxylic acids is 1. The molecule has 0 spiro atoms. The Morgan fingerprint density at radius 1 is 1.15 bits per heavy atom. The van der Waals surface area contributed by atoms with Gasteiger partial charge in [-0.15, -0.1) is 0 Å². The lowest BCUT2D eigenvalue weighted by Crippen LogP contribution is -2.53. The minimum Gasteiger partial charge on any atom is -0.349 e. The molecule has 0 saturated heterocycles. The van der Waals surface area contributed by atoms with Crippen molar-refractivity contribution in [2.45, 2.75) is 71.0 Å². The van der Waals surface area contributed by atoms with E-state index in [4.69, 9.17) is 5.73 Å². The summed E-state index contributed by atoms with van der Waals surface area (Å²) in [4.78, 5) is 15.2. The van der Waals surface area contributed by atoms with Crippen LogP contribution in [0.15, 0.2) is 24.3 Å². The third-order valence-electron chi connectivity index (χ3n) is 6.28. The zero-order valence-corrected chi connectivity index (χ0v) is 16.4. The van der Waals surface area contributed by atoms with Crippen molar-refractivity contribution in [1.82, 2.24) is 10.2 Å². The van der Waals surface area contributed by atoms with Crippen LogP contribution in [0.3, 0.4) is 0 Å². The number of nitrogens with zero attached hydrogens (tertiary/aromatic N) is 1. The molecule has 0 aliphatic heterocycles. The summed E-state index contributed by atoms with van der Waals surface area (Å²) >= 11 is 0. The maximum atomic E-state index is 12.8. The first-order valence-corrected chi connectivity index (χ1v) is 10.5. The maximum absolute atomic E-state index is 12.8. The summed E-state index contributed by atoms with van der Waals surface area (Å²) in [5.41, 5.74) is 8.26. The van der Waals surface area contributed by atoms with Crippen LogP contribution in [0.2, 0.25) is 0 Å². The molecule has 1 aromatic carbocycles. The number of rotatable bonds is 7. The van der Waals surface area contributed by atoms with Crippen LogP contribution in [0.25, 0.3) is 0 Å². The fourth-order valence-electron chi connectivity index (χ4n) is 4.94. The molecule has 2 bridgehead atoms. The second-order valence-corrected chi connectivity index (χ2v) is 8.25. The first-order valence-electron chi connectivity index (χ1n) is 10.5. The molecule has 3 rings (SSSR count). The molecule has 2 unspecified atom stereocenters. The van der Waals surface area contributed by atoms with Gasteiger partial charge in [0.05, 0.1) is 0 Å². The molecule has 1 amide bonds. The van der Waals surface area contributed by atoms with E-state index in [0.29, 0.717) is 23.9 Å². The largest absolute Gasteiger partial charge is 0.349 e. The van der Waals surface area contributed by atoms with E-state index in [9.17, 15) is 4.79 Å². The van der Waals surface area contributed by atoms with Gasteiger partial charge >= 0.3 is 0 Å². The van der Waals surface area contributed by atoms with E-state index in [0.717, 1.165) is 38.0 Å². The van der Waals surface area contributed by atoms with Gasteiger partial charge in [-0.2, -0.15) is 0 Å². The van der Waals surface area contributed by atoms with E-state index in [-0.39, 0.29) is 5.91 Å². The number of nitrogens with one attached hydrogen (secondary N) is 1. The number of amides is 1. The summed E-state index contributed by atoms with van der Waals surface area (Å²) in [6, 6.07) is 8.80. The number of fused-ring (bicyclic) bond motifs is 2. The van der Waals surface area contributed by atoms with Crippen molar-refractivity contribution in [3.8, 4) is 0 Å². The molecule has 4 nitrogen and oxygen atoms in total. The quantitative estimate of drug-likeness (QED) is 0.784. The monoisotopic (exact) mass is 357 g/mol. The van der Waals surface area contributed by atoms with Crippen LogP contribution in [0.5, 0.6) is 0 Å². The molecule has 2 aliphatic carbocycles. The van der Waals surface area contributed by atoms with Crippen LogP contribution in [0.4, 0.5) is 0 Å². The first-order chi connectivity index (χ1) is 12.6. The van der Waals surface area contributed by atoms with Gasteiger partial charge in [-0.3, -0.25) is 9.69 Å². The Kier molecular flexibility index (Phi) is 6.71. The van der Waals surface area contributed by atoms with Crippen LogP contribution >= 0.6 is 0 Å². The van der Waals surface area contributed by atoms with Gasteiger partial charge in [-0.05, 0) is 74.7 Å². The second kappa shape index (κ2) is 9.01. The van der Waals surface area contributed by atoms with E-state index < -0.39 is 0 Å². The highest BCUT2D eigenvalue weighted by Gasteiger charge is 2.39. The summed E-state index contributed by atoms with van der Waals surface area (Å²) in [6.45, 7) is 7.54. The lowest BCUT2D eigenvalue weighted by molar-refractivity contribution is 0.0756. The molecule has 3 N–H and O–H groups in total. The van der Waals surface area contributed by atoms with Gasteiger partial charge in [-0.1, -0.05) is 32.4 Å². The highest BCUT2D eigenvalue weighted by atomic mass is 16.1. The number of hydrogen-bond acceptors (Lipinski definition) is 3. The minimum atomic E-state index is 0.0785. The normalized spacial score (nSPS) is 28.2. The predicted octanol–water partition coefficient (Wildman–Crippen LogP) is 3.55. The average Bonchev–Trinajstić information content (AvgIpc) is 2.62. The maximum Gasteiger partial charge on any atom is 0.251 e. The minimum absolute atomic E-state index is 0.0785. The van der Waals surface area contributed by atoms with Crippen molar-refractivity contribution in [3.63, 3.8) is 0 Å². The van der Waals surface area contributed by atoms with Crippen LogP contribution in [0.1, 0.15) is 68.3 Å². The molecule has 4 heteroatoms. The highest BCUT2D eigenvalue weighted by Crippen LogP contribution is 2.39. The predicted molar refractivity (Wildman–Crippen MR) is 107 cm³/mol. The van der Waals surface area contributed by atoms with Gasteiger partial charge < -0.3 is 11.1 Å². The molecule has 0 aromatic heterocycles. The number of benzene rings is 1. The van der Waals surface area contributed by atoms with Crippen molar-refractivity contribution < 1.29 is 4.79 Å². The molecule has 0 heterocycles. The summed E-state index contributed by atoms with van der Waals surface area (Å²) < 4.78 is 0. The van der Waals surface area contributed by atoms with Gasteiger partial charge in [0, 0.05) is 24.2 Å². The number of carbonyl (C=O) groups is 1. The number of hydrogen-bond donors (Lipinski definition) is 2. The lowest BCUT2D eigenvalue weighted by Gasteiger charge is -2.45. The van der Waals surface area contributed by atoms with Crippen molar-refractivity contribution >= 4 is 5.91 Å². The molecule has 26 heavy (non-hydrogen) atoms. The summed E-state index contributed by atoms with van der Waals surface area (Å²) in [7, 11) is 0. The molecule has 2 atom stereocenters. The van der Waals surface area contributed by atoms with Crippen molar-refractivity contribution in [2.75, 3.05) is 13.1 Å². The third kappa shape index (κ3) is 4.66. The Hall–Kier alpha value is -1.39. The van der Waals surface area contributed by atoms with E-state index >= 15 is 0 Å². The molecule has 144 valence electrons. The summed E-state index contributed by atoms with van der Waals surface area (Å²) in [5.74, 6) is 1.20. The molecule has 2 saturated carbocycles. The second-order valence-electron chi connectivity index (χ2n) is 8.25. The Morgan fingerprint density at radius 3 is 2.38 bits per heavy atom. The highest BCUT2D eigenvalue weighted by molar-refractivity contribution is 5.94. The Balaban J connectivity index is 1.60. The zero-order valence-electron chi connectivity index (χ0n) is 16.4. The van der Waals surface area contributed by atoms with Crippen LogP contribution in [-0.2, 0) is 6.54 Å². The van der Waals surface area contributed by atoms with E-state index in [1.165, 1.54) is 31.2 Å². The molecular formula is C22H35N3O. The van der Waals surface area contributed by atoms with Crippen molar-refractivity contribution in [3.05, 3.63) is 35.4 Å². The Bertz CT molecular complexity index is 572. The smallest absolute Gasteiger partial charge is 0.251 e. The fraction of sp³-hybridized carbons (Fsp3) is 0.682. The third-order valence-corrected chi connectivity index (χ3v) is 6.28. The summed E-state index contributed by atoms with van der Waals surface area (Å²) in [5, 5.41) is 3.34. The Morgan fingerprint density at radius 2 is 1.81 bits per heavy atom. The molecule has 2 fully saturated rings. The SMILES string of the molecule is CCCN(CC)Cc1ccc(C(=O)NC2C3CCCC2CC(N)C3)cc1. The van der Waals surface area contributed by atoms with Crippen molar-refractivity contribution in [2.24, 2.45) is 17.6 Å². The van der Waals surface area contributed by atoms with Crippen LogP contribution < -0.4 is 11.1 Å². The Labute approximate surface area is 158 Å². The van der Waals surface area contributed by atoms with Gasteiger partial charge in [0.1, 0.15) is 0 Å². The van der Waals surface area contributed by atoms with Crippen LogP contribution in [-0.4, -0.2) is 36.0 Å². The standard InChI is InChI=1S/C22H35N3O/c1-3-12-25(4-2)15-16-8-10-17(11-9-16)22(26)24-21-18-6-5-7-19(21)14-20(23)13-18/h8-11,18-21H,3-7,12-15,23H2,1-2H3,(H,24,26). The summed E-state index contributed by atoms with van der Waals surface area (Å²) in [6.07, 6.45) is 6.99. The van der Waals surface area contributed by atoms with Crippen molar-refractivity contribution in [1.29, 1.82) is 0 Å². The van der Waals surface area contributed by atoms with E-state index in [2.05, 4.69) is 36.2 Å². The molecule has 2 aliphatic rings. The molecule has 1 aromatic rings. The van der Waals surface area contributed by atoms with Gasteiger partial charge in [-0.25, -0.2) is 0 Å². The van der Waals surface area contributed by atoms with Gasteiger partial charge in [0.2, 0.25) is 0 Å². The fourth-order valence-corrected chi connectivity index (χ4v) is 4.94.